The third-order valence-corrected chi connectivity index (χ3v) is 5.15. The summed E-state index contributed by atoms with van der Waals surface area (Å²) in [4.78, 5) is 12.4. The number of carbonyl (C=O) groups excluding carboxylic acids is 1. The Balaban J connectivity index is 1.62. The van der Waals surface area contributed by atoms with Gasteiger partial charge in [0.2, 0.25) is 5.91 Å². The topological polar surface area (TPSA) is 59.8 Å². The van der Waals surface area contributed by atoms with Gasteiger partial charge in [0.05, 0.1) is 0 Å². The van der Waals surface area contributed by atoms with Crippen molar-refractivity contribution in [1.29, 1.82) is 0 Å². The second-order valence-electron chi connectivity index (χ2n) is 7.86. The Morgan fingerprint density at radius 3 is 2.54 bits per heavy atom. The fourth-order valence-electron chi connectivity index (χ4n) is 3.20. The van der Waals surface area contributed by atoms with Crippen LogP contribution in [-0.4, -0.2) is 20.7 Å². The number of hydrogen-bond donors (Lipinski definition) is 1. The highest BCUT2D eigenvalue weighted by Gasteiger charge is 2.29. The van der Waals surface area contributed by atoms with Crippen molar-refractivity contribution in [3.63, 3.8) is 0 Å². The molecule has 140 valence electrons. The number of aryl methyl sites for hydroxylation is 3. The van der Waals surface area contributed by atoms with Gasteiger partial charge >= 0.3 is 0 Å². The van der Waals surface area contributed by atoms with Crippen LogP contribution in [0.1, 0.15) is 68.3 Å². The van der Waals surface area contributed by atoms with Gasteiger partial charge in [0.1, 0.15) is 11.6 Å². The molecule has 0 radical (unpaired) electrons. The van der Waals surface area contributed by atoms with Crippen LogP contribution in [0.3, 0.4) is 0 Å². The SMILES string of the molecule is Cc1cccc(NC(=O)CCc2nnc(CCC(C)C)n2C2CC2)c1C. The van der Waals surface area contributed by atoms with Gasteiger partial charge in [0.15, 0.2) is 0 Å². The molecule has 5 heteroatoms. The third-order valence-electron chi connectivity index (χ3n) is 5.15. The molecule has 1 aromatic carbocycles. The molecule has 0 spiro atoms. The zero-order chi connectivity index (χ0) is 18.7. The Morgan fingerprint density at radius 2 is 1.88 bits per heavy atom. The summed E-state index contributed by atoms with van der Waals surface area (Å²) >= 11 is 0. The molecule has 0 atom stereocenters. The maximum absolute atomic E-state index is 12.4. The highest BCUT2D eigenvalue weighted by atomic mass is 16.1. The van der Waals surface area contributed by atoms with Crippen molar-refractivity contribution >= 4 is 11.6 Å². The van der Waals surface area contributed by atoms with Crippen molar-refractivity contribution in [3.05, 3.63) is 41.0 Å². The molecular formula is C21H30N4O. The molecule has 2 aromatic rings. The average molecular weight is 354 g/mol. The van der Waals surface area contributed by atoms with Crippen molar-refractivity contribution < 1.29 is 4.79 Å². The van der Waals surface area contributed by atoms with E-state index in [1.165, 1.54) is 18.4 Å². The number of nitrogens with zero attached hydrogens (tertiary/aromatic N) is 3. The van der Waals surface area contributed by atoms with E-state index in [0.717, 1.165) is 35.7 Å². The second-order valence-corrected chi connectivity index (χ2v) is 7.86. The summed E-state index contributed by atoms with van der Waals surface area (Å²) in [6.07, 6.45) is 5.57. The molecule has 1 amide bonds. The minimum Gasteiger partial charge on any atom is -0.326 e. The van der Waals surface area contributed by atoms with Crippen LogP contribution in [0.4, 0.5) is 5.69 Å². The van der Waals surface area contributed by atoms with E-state index >= 15 is 0 Å². The lowest BCUT2D eigenvalue weighted by atomic mass is 10.1. The summed E-state index contributed by atoms with van der Waals surface area (Å²) < 4.78 is 2.30. The molecule has 5 nitrogen and oxygen atoms in total. The van der Waals surface area contributed by atoms with Crippen LogP contribution in [0, 0.1) is 19.8 Å². The van der Waals surface area contributed by atoms with E-state index in [9.17, 15) is 4.79 Å². The lowest BCUT2D eigenvalue weighted by Gasteiger charge is -2.11. The number of hydrogen-bond acceptors (Lipinski definition) is 3. The average Bonchev–Trinajstić information content (AvgIpc) is 3.35. The molecular weight excluding hydrogens is 324 g/mol. The van der Waals surface area contributed by atoms with Gasteiger partial charge in [-0.15, -0.1) is 10.2 Å². The first-order valence-electron chi connectivity index (χ1n) is 9.74. The van der Waals surface area contributed by atoms with E-state index in [2.05, 4.69) is 46.9 Å². The van der Waals surface area contributed by atoms with Gasteiger partial charge in [-0.05, 0) is 56.2 Å². The summed E-state index contributed by atoms with van der Waals surface area (Å²) in [5, 5.41) is 11.9. The number of amides is 1. The van der Waals surface area contributed by atoms with Crippen molar-refractivity contribution in [2.75, 3.05) is 5.32 Å². The second kappa shape index (κ2) is 8.02. The van der Waals surface area contributed by atoms with Crippen molar-refractivity contribution in [2.45, 2.75) is 72.3 Å². The molecule has 1 N–H and O–H groups in total. The van der Waals surface area contributed by atoms with Crippen LogP contribution in [0.5, 0.6) is 0 Å². The van der Waals surface area contributed by atoms with Crippen molar-refractivity contribution in [2.24, 2.45) is 5.92 Å². The molecule has 3 rings (SSSR count). The molecule has 0 aliphatic heterocycles. The van der Waals surface area contributed by atoms with Crippen LogP contribution < -0.4 is 5.32 Å². The van der Waals surface area contributed by atoms with Gasteiger partial charge < -0.3 is 9.88 Å². The smallest absolute Gasteiger partial charge is 0.224 e. The van der Waals surface area contributed by atoms with Crippen molar-refractivity contribution in [3.8, 4) is 0 Å². The number of carbonyl (C=O) groups is 1. The van der Waals surface area contributed by atoms with E-state index in [0.29, 0.717) is 24.8 Å². The molecule has 1 aromatic heterocycles. The maximum atomic E-state index is 12.4. The molecule has 0 bridgehead atoms. The number of benzene rings is 1. The van der Waals surface area contributed by atoms with Gasteiger partial charge in [0.25, 0.3) is 0 Å². The summed E-state index contributed by atoms with van der Waals surface area (Å²) in [5.74, 6) is 2.74. The van der Waals surface area contributed by atoms with E-state index in [1.807, 2.05) is 19.1 Å². The first kappa shape index (κ1) is 18.6. The quantitative estimate of drug-likeness (QED) is 0.765. The number of aromatic nitrogens is 3. The molecule has 1 heterocycles. The number of rotatable bonds is 8. The predicted molar refractivity (Wildman–Crippen MR) is 104 cm³/mol. The Hall–Kier alpha value is -2.17. The lowest BCUT2D eigenvalue weighted by Crippen LogP contribution is -2.15. The predicted octanol–water partition coefficient (Wildman–Crippen LogP) is 4.39. The first-order valence-corrected chi connectivity index (χ1v) is 9.74. The molecule has 26 heavy (non-hydrogen) atoms. The summed E-state index contributed by atoms with van der Waals surface area (Å²) in [7, 11) is 0. The molecule has 1 saturated carbocycles. The van der Waals surface area contributed by atoms with Gasteiger partial charge in [-0.2, -0.15) is 0 Å². The summed E-state index contributed by atoms with van der Waals surface area (Å²) in [6, 6.07) is 6.53. The van der Waals surface area contributed by atoms with Crippen LogP contribution in [-0.2, 0) is 17.6 Å². The maximum Gasteiger partial charge on any atom is 0.224 e. The Labute approximate surface area is 156 Å². The van der Waals surface area contributed by atoms with E-state index in [4.69, 9.17) is 0 Å². The Bertz CT molecular complexity index is 774. The minimum atomic E-state index is 0.0350. The molecule has 1 aliphatic carbocycles. The van der Waals surface area contributed by atoms with Crippen LogP contribution in [0.15, 0.2) is 18.2 Å². The van der Waals surface area contributed by atoms with E-state index in [1.54, 1.807) is 0 Å². The number of anilines is 1. The standard InChI is InChI=1S/C21H30N4O/c1-14(2)8-11-19-23-24-20(25(19)17-9-10-17)12-13-21(26)22-18-7-5-6-15(3)16(18)4/h5-7,14,17H,8-13H2,1-4H3,(H,22,26). The Morgan fingerprint density at radius 1 is 1.19 bits per heavy atom. The fraction of sp³-hybridized carbons (Fsp3) is 0.571. The molecule has 1 fully saturated rings. The monoisotopic (exact) mass is 354 g/mol. The third kappa shape index (κ3) is 4.51. The Kier molecular flexibility index (Phi) is 5.74. The van der Waals surface area contributed by atoms with Crippen LogP contribution in [0.25, 0.3) is 0 Å². The van der Waals surface area contributed by atoms with Crippen LogP contribution in [0.2, 0.25) is 0 Å². The zero-order valence-electron chi connectivity index (χ0n) is 16.4. The largest absolute Gasteiger partial charge is 0.326 e. The fourth-order valence-corrected chi connectivity index (χ4v) is 3.20. The highest BCUT2D eigenvalue weighted by Crippen LogP contribution is 2.37. The van der Waals surface area contributed by atoms with E-state index < -0.39 is 0 Å². The minimum absolute atomic E-state index is 0.0350. The van der Waals surface area contributed by atoms with E-state index in [-0.39, 0.29) is 5.91 Å². The van der Waals surface area contributed by atoms with Gasteiger partial charge in [0, 0.05) is 31.0 Å². The van der Waals surface area contributed by atoms with Gasteiger partial charge in [-0.1, -0.05) is 26.0 Å². The molecule has 1 aliphatic rings. The first-order chi connectivity index (χ1) is 12.5. The van der Waals surface area contributed by atoms with Gasteiger partial charge in [-0.3, -0.25) is 4.79 Å². The van der Waals surface area contributed by atoms with Crippen molar-refractivity contribution in [1.82, 2.24) is 14.8 Å². The summed E-state index contributed by atoms with van der Waals surface area (Å²) in [6.45, 7) is 8.56. The van der Waals surface area contributed by atoms with Gasteiger partial charge in [-0.25, -0.2) is 0 Å². The summed E-state index contributed by atoms with van der Waals surface area (Å²) in [5.41, 5.74) is 3.21. The highest BCUT2D eigenvalue weighted by molar-refractivity contribution is 5.91. The number of nitrogens with one attached hydrogen (secondary N) is 1. The normalized spacial score (nSPS) is 14.0. The van der Waals surface area contributed by atoms with Crippen LogP contribution >= 0.6 is 0 Å². The zero-order valence-corrected chi connectivity index (χ0v) is 16.4. The molecule has 0 saturated heterocycles. The molecule has 0 unspecified atom stereocenters. The lowest BCUT2D eigenvalue weighted by molar-refractivity contribution is -0.116.